The molecular weight excluding hydrogens is 262 g/mol. The lowest BCUT2D eigenvalue weighted by atomic mass is 9.74. The van der Waals surface area contributed by atoms with Crippen LogP contribution in [0.2, 0.25) is 0 Å². The van der Waals surface area contributed by atoms with Gasteiger partial charge in [-0.3, -0.25) is 0 Å². The van der Waals surface area contributed by atoms with Gasteiger partial charge in [-0.15, -0.1) is 11.8 Å². The third-order valence-electron chi connectivity index (χ3n) is 4.47. The molecule has 0 amide bonds. The van der Waals surface area contributed by atoms with Crippen molar-refractivity contribution in [2.24, 2.45) is 5.41 Å². The molecule has 1 fully saturated rings. The monoisotopic (exact) mass is 285 g/mol. The Morgan fingerprint density at radius 2 is 1.94 bits per heavy atom. The average Bonchev–Trinajstić information content (AvgIpc) is 2.80. The number of nitrogens with zero attached hydrogens (tertiary/aromatic N) is 2. The Labute approximate surface area is 118 Å². The van der Waals surface area contributed by atoms with Gasteiger partial charge in [-0.25, -0.2) is 0 Å². The SMILES string of the molecule is CCC1(CC)CCN(c2snc(N)c2SC)CC1. The van der Waals surface area contributed by atoms with Gasteiger partial charge in [0.25, 0.3) is 0 Å². The van der Waals surface area contributed by atoms with E-state index in [4.69, 9.17) is 5.73 Å². The average molecular weight is 285 g/mol. The zero-order chi connectivity index (χ0) is 13.2. The van der Waals surface area contributed by atoms with Gasteiger partial charge in [0.05, 0.1) is 4.90 Å². The summed E-state index contributed by atoms with van der Waals surface area (Å²) in [7, 11) is 0. The van der Waals surface area contributed by atoms with Crippen LogP contribution in [0.5, 0.6) is 0 Å². The second-order valence-corrected chi connectivity index (χ2v) is 6.67. The fourth-order valence-corrected chi connectivity index (χ4v) is 4.56. The van der Waals surface area contributed by atoms with E-state index in [0.29, 0.717) is 11.2 Å². The number of hydrogen-bond donors (Lipinski definition) is 1. The summed E-state index contributed by atoms with van der Waals surface area (Å²) in [5.41, 5.74) is 6.49. The van der Waals surface area contributed by atoms with Crippen molar-refractivity contribution in [2.45, 2.75) is 44.4 Å². The van der Waals surface area contributed by atoms with Gasteiger partial charge < -0.3 is 10.6 Å². The minimum absolute atomic E-state index is 0.576. The first-order valence-electron chi connectivity index (χ1n) is 6.70. The van der Waals surface area contributed by atoms with E-state index in [0.717, 1.165) is 13.1 Å². The summed E-state index contributed by atoms with van der Waals surface area (Å²) < 4.78 is 4.30. The molecule has 1 saturated heterocycles. The Balaban J connectivity index is 2.09. The topological polar surface area (TPSA) is 42.2 Å². The van der Waals surface area contributed by atoms with Gasteiger partial charge in [0.1, 0.15) is 5.00 Å². The van der Waals surface area contributed by atoms with Crippen LogP contribution in [-0.4, -0.2) is 23.7 Å². The van der Waals surface area contributed by atoms with Crippen LogP contribution in [0.15, 0.2) is 4.90 Å². The van der Waals surface area contributed by atoms with Crippen molar-refractivity contribution >= 4 is 34.1 Å². The molecule has 3 nitrogen and oxygen atoms in total. The highest BCUT2D eigenvalue weighted by Crippen LogP contribution is 2.43. The summed E-state index contributed by atoms with van der Waals surface area (Å²) in [6.45, 7) is 6.96. The van der Waals surface area contributed by atoms with E-state index in [-0.39, 0.29) is 0 Å². The highest BCUT2D eigenvalue weighted by molar-refractivity contribution is 7.99. The summed E-state index contributed by atoms with van der Waals surface area (Å²) >= 11 is 3.27. The standard InChI is InChI=1S/C13H23N3S2/c1-4-13(5-2)6-8-16(9-7-13)12-10(17-3)11(14)15-18-12/h4-9H2,1-3H3,(H2,14,15). The van der Waals surface area contributed by atoms with E-state index in [1.165, 1.54) is 35.6 Å². The molecular formula is C13H23N3S2. The molecule has 2 heterocycles. The molecule has 1 aromatic heterocycles. The van der Waals surface area contributed by atoms with E-state index >= 15 is 0 Å². The molecule has 18 heavy (non-hydrogen) atoms. The van der Waals surface area contributed by atoms with Gasteiger partial charge in [0, 0.05) is 13.1 Å². The van der Waals surface area contributed by atoms with Gasteiger partial charge in [-0.1, -0.05) is 26.7 Å². The van der Waals surface area contributed by atoms with E-state index < -0.39 is 0 Å². The zero-order valence-corrected chi connectivity index (χ0v) is 13.2. The Morgan fingerprint density at radius 1 is 1.33 bits per heavy atom. The van der Waals surface area contributed by atoms with E-state index in [2.05, 4.69) is 29.4 Å². The number of rotatable bonds is 4. The molecule has 0 aliphatic carbocycles. The Bertz CT molecular complexity index is 389. The molecule has 0 atom stereocenters. The maximum atomic E-state index is 5.92. The van der Waals surface area contributed by atoms with E-state index in [9.17, 15) is 0 Å². The zero-order valence-electron chi connectivity index (χ0n) is 11.5. The second-order valence-electron chi connectivity index (χ2n) is 5.10. The van der Waals surface area contributed by atoms with Crippen LogP contribution in [0.25, 0.3) is 0 Å². The highest BCUT2D eigenvalue weighted by Gasteiger charge is 2.32. The third kappa shape index (κ3) is 2.48. The lowest BCUT2D eigenvalue weighted by molar-refractivity contribution is 0.200. The van der Waals surface area contributed by atoms with E-state index in [1.54, 1.807) is 23.3 Å². The van der Waals surface area contributed by atoms with Gasteiger partial charge in [0.15, 0.2) is 5.82 Å². The fraction of sp³-hybridized carbons (Fsp3) is 0.769. The van der Waals surface area contributed by atoms with Crippen molar-refractivity contribution in [3.8, 4) is 0 Å². The van der Waals surface area contributed by atoms with Crippen LogP contribution in [-0.2, 0) is 0 Å². The molecule has 0 aromatic carbocycles. The van der Waals surface area contributed by atoms with Gasteiger partial charge in [-0.05, 0) is 36.0 Å². The molecule has 0 unspecified atom stereocenters. The van der Waals surface area contributed by atoms with Crippen LogP contribution >= 0.6 is 23.3 Å². The molecule has 0 bridgehead atoms. The third-order valence-corrected chi connectivity index (χ3v) is 6.34. The molecule has 0 radical (unpaired) electrons. The van der Waals surface area contributed by atoms with Gasteiger partial charge >= 0.3 is 0 Å². The maximum absolute atomic E-state index is 5.92. The van der Waals surface area contributed by atoms with Gasteiger partial charge in [0.2, 0.25) is 0 Å². The quantitative estimate of drug-likeness (QED) is 0.853. The molecule has 2 N–H and O–H groups in total. The van der Waals surface area contributed by atoms with Crippen LogP contribution in [0.4, 0.5) is 10.8 Å². The smallest absolute Gasteiger partial charge is 0.153 e. The van der Waals surface area contributed by atoms with Crippen molar-refractivity contribution in [3.05, 3.63) is 0 Å². The first-order chi connectivity index (χ1) is 8.65. The normalized spacial score (nSPS) is 19.2. The molecule has 0 spiro atoms. The lowest BCUT2D eigenvalue weighted by Gasteiger charge is -2.41. The molecule has 1 aliphatic rings. The van der Waals surface area contributed by atoms with Crippen molar-refractivity contribution < 1.29 is 0 Å². The predicted molar refractivity (Wildman–Crippen MR) is 82.8 cm³/mol. The summed E-state index contributed by atoms with van der Waals surface area (Å²) in [5.74, 6) is 0.699. The van der Waals surface area contributed by atoms with E-state index in [1.807, 2.05) is 0 Å². The molecule has 0 saturated carbocycles. The second kappa shape index (κ2) is 5.70. The Morgan fingerprint density at radius 3 is 2.44 bits per heavy atom. The number of anilines is 2. The van der Waals surface area contributed by atoms with Crippen LogP contribution in [0.3, 0.4) is 0 Å². The molecule has 1 aliphatic heterocycles. The molecule has 1 aromatic rings. The molecule has 2 rings (SSSR count). The first kappa shape index (κ1) is 14.0. The lowest BCUT2D eigenvalue weighted by Crippen LogP contribution is -2.39. The number of piperidine rings is 1. The highest BCUT2D eigenvalue weighted by atomic mass is 32.2. The predicted octanol–water partition coefficient (Wildman–Crippen LogP) is 3.85. The Kier molecular flexibility index (Phi) is 4.43. The summed E-state index contributed by atoms with van der Waals surface area (Å²) in [6.07, 6.45) is 7.28. The van der Waals surface area contributed by atoms with Crippen molar-refractivity contribution in [2.75, 3.05) is 30.0 Å². The molecule has 102 valence electrons. The number of nitrogen functional groups attached to an aromatic ring is 1. The van der Waals surface area contributed by atoms with Crippen molar-refractivity contribution in [3.63, 3.8) is 0 Å². The van der Waals surface area contributed by atoms with Crippen molar-refractivity contribution in [1.82, 2.24) is 4.37 Å². The number of nitrogens with two attached hydrogens (primary N) is 1. The van der Waals surface area contributed by atoms with Crippen LogP contribution in [0, 0.1) is 5.41 Å². The maximum Gasteiger partial charge on any atom is 0.153 e. The summed E-state index contributed by atoms with van der Waals surface area (Å²) in [4.78, 5) is 3.64. The minimum atomic E-state index is 0.576. The summed E-state index contributed by atoms with van der Waals surface area (Å²) in [6, 6.07) is 0. The van der Waals surface area contributed by atoms with Crippen LogP contribution < -0.4 is 10.6 Å². The largest absolute Gasteiger partial charge is 0.382 e. The van der Waals surface area contributed by atoms with Crippen molar-refractivity contribution in [1.29, 1.82) is 0 Å². The number of hydrogen-bond acceptors (Lipinski definition) is 5. The summed E-state index contributed by atoms with van der Waals surface area (Å²) in [5, 5.41) is 1.28. The molecule has 5 heteroatoms. The fourth-order valence-electron chi connectivity index (χ4n) is 2.82. The van der Waals surface area contributed by atoms with Gasteiger partial charge in [-0.2, -0.15) is 4.37 Å². The first-order valence-corrected chi connectivity index (χ1v) is 8.69. The number of thioether (sulfide) groups is 1. The van der Waals surface area contributed by atoms with Crippen LogP contribution in [0.1, 0.15) is 39.5 Å². The minimum Gasteiger partial charge on any atom is -0.382 e. The Hall–Kier alpha value is -0.420. The number of aromatic nitrogens is 1.